The monoisotopic (exact) mass is 519 g/mol. The van der Waals surface area contributed by atoms with Gasteiger partial charge >= 0.3 is 0 Å². The van der Waals surface area contributed by atoms with Crippen LogP contribution in [0.5, 0.6) is 5.75 Å². The molecule has 2 saturated heterocycles. The van der Waals surface area contributed by atoms with Gasteiger partial charge in [-0.25, -0.2) is 0 Å². The second kappa shape index (κ2) is 12.8. The van der Waals surface area contributed by atoms with E-state index in [4.69, 9.17) is 4.74 Å². The molecule has 3 aliphatic heterocycles. The maximum absolute atomic E-state index is 13.1. The number of rotatable bonds is 10. The van der Waals surface area contributed by atoms with Crippen molar-refractivity contribution in [2.45, 2.75) is 69.9 Å². The van der Waals surface area contributed by atoms with Crippen LogP contribution in [0.15, 0.2) is 48.5 Å². The SMILES string of the molecule is O=C(c1ccc(OCCCCCN2CCC[C@H]2CO)cc1)N1CCC(N2C(=O)CCc3ccccc32)CC1. The third-order valence-electron chi connectivity index (χ3n) is 8.41. The first-order chi connectivity index (χ1) is 18.6. The maximum atomic E-state index is 13.1. The molecule has 0 aromatic heterocycles. The highest BCUT2D eigenvalue weighted by atomic mass is 16.5. The van der Waals surface area contributed by atoms with Crippen LogP contribution < -0.4 is 9.64 Å². The number of amides is 2. The van der Waals surface area contributed by atoms with Gasteiger partial charge < -0.3 is 19.6 Å². The lowest BCUT2D eigenvalue weighted by atomic mass is 9.95. The molecule has 204 valence electrons. The smallest absolute Gasteiger partial charge is 0.253 e. The quantitative estimate of drug-likeness (QED) is 0.475. The van der Waals surface area contributed by atoms with Gasteiger partial charge in [0.05, 0.1) is 13.2 Å². The summed E-state index contributed by atoms with van der Waals surface area (Å²) in [5, 5.41) is 9.43. The summed E-state index contributed by atoms with van der Waals surface area (Å²) < 4.78 is 5.90. The zero-order valence-electron chi connectivity index (χ0n) is 22.4. The molecular formula is C31H41N3O4. The van der Waals surface area contributed by atoms with Crippen molar-refractivity contribution >= 4 is 17.5 Å². The predicted octanol–water partition coefficient (Wildman–Crippen LogP) is 4.28. The van der Waals surface area contributed by atoms with Crippen LogP contribution in [0.25, 0.3) is 0 Å². The first-order valence-corrected chi connectivity index (χ1v) is 14.4. The highest BCUT2D eigenvalue weighted by molar-refractivity contribution is 5.97. The Hall–Kier alpha value is -2.90. The molecule has 2 amide bonds. The largest absolute Gasteiger partial charge is 0.494 e. The summed E-state index contributed by atoms with van der Waals surface area (Å²) in [4.78, 5) is 32.2. The van der Waals surface area contributed by atoms with E-state index in [2.05, 4.69) is 17.0 Å². The van der Waals surface area contributed by atoms with Crippen molar-refractivity contribution in [1.29, 1.82) is 0 Å². The summed E-state index contributed by atoms with van der Waals surface area (Å²) in [5.74, 6) is 1.04. The van der Waals surface area contributed by atoms with Crippen molar-refractivity contribution in [2.24, 2.45) is 0 Å². The number of para-hydroxylation sites is 1. The molecule has 2 aromatic carbocycles. The van der Waals surface area contributed by atoms with E-state index in [-0.39, 0.29) is 24.5 Å². The molecule has 5 rings (SSSR count). The minimum Gasteiger partial charge on any atom is -0.494 e. The topological polar surface area (TPSA) is 73.3 Å². The summed E-state index contributed by atoms with van der Waals surface area (Å²) in [6, 6.07) is 16.2. The van der Waals surface area contributed by atoms with Crippen LogP contribution in [0.2, 0.25) is 0 Å². The van der Waals surface area contributed by atoms with Gasteiger partial charge in [-0.15, -0.1) is 0 Å². The molecule has 2 aromatic rings. The maximum Gasteiger partial charge on any atom is 0.253 e. The van der Waals surface area contributed by atoms with Gasteiger partial charge in [-0.1, -0.05) is 18.2 Å². The Labute approximate surface area is 226 Å². The number of ether oxygens (including phenoxy) is 1. The molecule has 3 aliphatic rings. The minimum atomic E-state index is 0.0449. The highest BCUT2D eigenvalue weighted by Crippen LogP contribution is 2.32. The number of nitrogens with zero attached hydrogens (tertiary/aromatic N) is 3. The predicted molar refractivity (Wildman–Crippen MR) is 149 cm³/mol. The standard InChI is InChI=1S/C31H41N3O4/c35-23-27-8-6-19-32(27)18-4-1-5-22-38-28-13-10-25(11-14-28)31(37)33-20-16-26(17-21-33)34-29-9-3-2-7-24(29)12-15-30(34)36/h2-3,7,9-11,13-14,26-27,35H,1,4-6,8,12,15-23H2/t27-/m0/s1. The summed E-state index contributed by atoms with van der Waals surface area (Å²) >= 11 is 0. The molecule has 7 nitrogen and oxygen atoms in total. The first-order valence-electron chi connectivity index (χ1n) is 14.4. The fourth-order valence-electron chi connectivity index (χ4n) is 6.24. The Bertz CT molecular complexity index is 1080. The number of aryl methyl sites for hydroxylation is 1. The zero-order chi connectivity index (χ0) is 26.3. The van der Waals surface area contributed by atoms with Crippen molar-refractivity contribution in [3.8, 4) is 5.75 Å². The van der Waals surface area contributed by atoms with Crippen LogP contribution in [0.4, 0.5) is 5.69 Å². The van der Waals surface area contributed by atoms with Crippen molar-refractivity contribution in [3.63, 3.8) is 0 Å². The lowest BCUT2D eigenvalue weighted by Gasteiger charge is -2.41. The average Bonchev–Trinajstić information content (AvgIpc) is 3.42. The van der Waals surface area contributed by atoms with Crippen LogP contribution in [-0.2, 0) is 11.2 Å². The van der Waals surface area contributed by atoms with Crippen LogP contribution in [-0.4, -0.2) is 78.2 Å². The molecule has 0 aliphatic carbocycles. The molecule has 2 fully saturated rings. The number of piperidine rings is 1. The molecule has 0 spiro atoms. The molecule has 7 heteroatoms. The third kappa shape index (κ3) is 6.21. The number of anilines is 1. The normalized spacial score (nSPS) is 20.6. The van der Waals surface area contributed by atoms with Gasteiger partial charge in [-0.05, 0) is 100 Å². The van der Waals surface area contributed by atoms with Crippen LogP contribution in [0, 0.1) is 0 Å². The van der Waals surface area contributed by atoms with Gasteiger partial charge in [-0.3, -0.25) is 14.5 Å². The number of aliphatic hydroxyl groups excluding tert-OH is 1. The van der Waals surface area contributed by atoms with Gasteiger partial charge in [0.15, 0.2) is 0 Å². The summed E-state index contributed by atoms with van der Waals surface area (Å²) in [6.07, 6.45) is 8.51. The van der Waals surface area contributed by atoms with E-state index in [1.54, 1.807) is 0 Å². The lowest BCUT2D eigenvalue weighted by Crippen LogP contribution is -2.50. The summed E-state index contributed by atoms with van der Waals surface area (Å²) in [5.41, 5.74) is 2.97. The Morgan fingerprint density at radius 1 is 0.921 bits per heavy atom. The third-order valence-corrected chi connectivity index (χ3v) is 8.41. The van der Waals surface area contributed by atoms with Crippen LogP contribution in [0.1, 0.15) is 67.3 Å². The van der Waals surface area contributed by atoms with Gasteiger partial charge in [0.25, 0.3) is 5.91 Å². The molecule has 0 unspecified atom stereocenters. The fourth-order valence-corrected chi connectivity index (χ4v) is 6.24. The van der Waals surface area contributed by atoms with E-state index in [9.17, 15) is 14.7 Å². The van der Waals surface area contributed by atoms with Gasteiger partial charge in [0.2, 0.25) is 5.91 Å². The van der Waals surface area contributed by atoms with E-state index >= 15 is 0 Å². The van der Waals surface area contributed by atoms with E-state index in [1.807, 2.05) is 46.2 Å². The number of benzene rings is 2. The van der Waals surface area contributed by atoms with Crippen molar-refractivity contribution in [3.05, 3.63) is 59.7 Å². The average molecular weight is 520 g/mol. The van der Waals surface area contributed by atoms with E-state index in [0.29, 0.717) is 37.7 Å². The van der Waals surface area contributed by atoms with Crippen molar-refractivity contribution in [1.82, 2.24) is 9.80 Å². The summed E-state index contributed by atoms with van der Waals surface area (Å²) in [7, 11) is 0. The molecule has 0 radical (unpaired) electrons. The van der Waals surface area contributed by atoms with E-state index < -0.39 is 0 Å². The van der Waals surface area contributed by atoms with Gasteiger partial charge in [-0.2, -0.15) is 0 Å². The number of hydrogen-bond acceptors (Lipinski definition) is 5. The number of fused-ring (bicyclic) bond motifs is 1. The van der Waals surface area contributed by atoms with Gasteiger partial charge in [0, 0.05) is 42.8 Å². The molecule has 3 heterocycles. The number of aliphatic hydroxyl groups is 1. The zero-order valence-corrected chi connectivity index (χ0v) is 22.4. The molecule has 1 N–H and O–H groups in total. The fraction of sp³-hybridized carbons (Fsp3) is 0.548. The number of likely N-dealkylation sites (tertiary alicyclic amines) is 2. The highest BCUT2D eigenvalue weighted by Gasteiger charge is 2.33. The van der Waals surface area contributed by atoms with Crippen molar-refractivity contribution in [2.75, 3.05) is 44.3 Å². The summed E-state index contributed by atoms with van der Waals surface area (Å²) in [6.45, 7) is 4.42. The molecule has 0 bridgehead atoms. The minimum absolute atomic E-state index is 0.0449. The first kappa shape index (κ1) is 26.7. The Balaban J connectivity index is 1.04. The Morgan fingerprint density at radius 2 is 1.71 bits per heavy atom. The molecule has 1 atom stereocenters. The van der Waals surface area contributed by atoms with Gasteiger partial charge in [0.1, 0.15) is 5.75 Å². The Morgan fingerprint density at radius 3 is 2.50 bits per heavy atom. The second-order valence-corrected chi connectivity index (χ2v) is 10.9. The number of hydrogen-bond donors (Lipinski definition) is 1. The molecular weight excluding hydrogens is 478 g/mol. The number of carbonyl (C=O) groups is 2. The number of unbranched alkanes of at least 4 members (excludes halogenated alkanes) is 2. The van der Waals surface area contributed by atoms with Crippen LogP contribution >= 0.6 is 0 Å². The second-order valence-electron chi connectivity index (χ2n) is 10.9. The molecule has 0 saturated carbocycles. The molecule has 38 heavy (non-hydrogen) atoms. The Kier molecular flexibility index (Phi) is 8.97. The number of carbonyl (C=O) groups excluding carboxylic acids is 2. The van der Waals surface area contributed by atoms with E-state index in [0.717, 1.165) is 69.5 Å². The van der Waals surface area contributed by atoms with Crippen LogP contribution in [0.3, 0.4) is 0 Å². The van der Waals surface area contributed by atoms with E-state index in [1.165, 1.54) is 12.0 Å². The van der Waals surface area contributed by atoms with Crippen molar-refractivity contribution < 1.29 is 19.4 Å². The lowest BCUT2D eigenvalue weighted by molar-refractivity contribution is -0.119.